The molecule has 3 rings (SSSR count). The summed E-state index contributed by atoms with van der Waals surface area (Å²) >= 11 is 3.45. The van der Waals surface area contributed by atoms with E-state index >= 15 is 0 Å². The highest BCUT2D eigenvalue weighted by Gasteiger charge is 2.31. The molecule has 4 heteroatoms. The maximum atomic E-state index is 9.75. The molecule has 0 saturated heterocycles. The number of methoxy groups -OCH3 is 1. The lowest BCUT2D eigenvalue weighted by Gasteiger charge is -2.43. The number of hydrogen-bond donors (Lipinski definition) is 0. The number of fused-ring (bicyclic) bond motifs is 1. The third kappa shape index (κ3) is 4.26. The summed E-state index contributed by atoms with van der Waals surface area (Å²) in [5.74, 6) is 0.778. The number of halogens is 1. The van der Waals surface area contributed by atoms with Gasteiger partial charge in [0.05, 0.1) is 24.3 Å². The molecule has 29 heavy (non-hydrogen) atoms. The number of nitriles is 1. The number of nitrogens with zero attached hydrogens (tertiary/aromatic N) is 2. The first-order valence-corrected chi connectivity index (χ1v) is 10.7. The van der Waals surface area contributed by atoms with Crippen molar-refractivity contribution < 1.29 is 4.74 Å². The number of benzene rings is 2. The van der Waals surface area contributed by atoms with Crippen LogP contribution in [0.4, 0.5) is 5.69 Å². The minimum absolute atomic E-state index is 0.0509. The Kier molecular flexibility index (Phi) is 6.19. The van der Waals surface area contributed by atoms with Gasteiger partial charge in [0.15, 0.2) is 0 Å². The second kappa shape index (κ2) is 8.47. The van der Waals surface area contributed by atoms with Crippen LogP contribution in [-0.2, 0) is 0 Å². The average molecular weight is 451 g/mol. The molecule has 0 atom stereocenters. The van der Waals surface area contributed by atoms with Gasteiger partial charge in [-0.25, -0.2) is 0 Å². The van der Waals surface area contributed by atoms with E-state index in [2.05, 4.69) is 72.8 Å². The Balaban J connectivity index is 2.16. The zero-order chi connectivity index (χ0) is 21.2. The van der Waals surface area contributed by atoms with Crippen LogP contribution < -0.4 is 9.64 Å². The molecular weight excluding hydrogens is 424 g/mol. The molecule has 0 saturated carbocycles. The van der Waals surface area contributed by atoms with E-state index in [0.717, 1.165) is 34.3 Å². The summed E-state index contributed by atoms with van der Waals surface area (Å²) in [7, 11) is 1.69. The van der Waals surface area contributed by atoms with Crippen molar-refractivity contribution in [2.45, 2.75) is 39.7 Å². The molecule has 2 aromatic carbocycles. The standard InChI is InChI=1S/C25H27BrN2O/c1-6-11-28-23-14-24(29-5)19(13-22(23)17(2)15-25(28,3)4)12-20(16-27)18-7-9-21(26)10-8-18/h7-10,12-15H,6,11H2,1-5H3/b20-12+. The van der Waals surface area contributed by atoms with E-state index in [1.807, 2.05) is 30.3 Å². The molecule has 0 aromatic heterocycles. The van der Waals surface area contributed by atoms with Gasteiger partial charge in [-0.15, -0.1) is 0 Å². The van der Waals surface area contributed by atoms with Crippen LogP contribution in [0.25, 0.3) is 17.2 Å². The second-order valence-electron chi connectivity index (χ2n) is 7.92. The number of hydrogen-bond acceptors (Lipinski definition) is 3. The SMILES string of the molecule is CCCN1c2cc(OC)c(/C=C(\C#N)c3ccc(Br)cc3)cc2C(C)=CC1(C)C. The highest BCUT2D eigenvalue weighted by atomic mass is 79.9. The van der Waals surface area contributed by atoms with Crippen molar-refractivity contribution in [3.63, 3.8) is 0 Å². The Morgan fingerprint density at radius 3 is 2.52 bits per heavy atom. The largest absolute Gasteiger partial charge is 0.496 e. The molecule has 3 nitrogen and oxygen atoms in total. The fourth-order valence-electron chi connectivity index (χ4n) is 4.01. The Hall–Kier alpha value is -2.51. The summed E-state index contributed by atoms with van der Waals surface area (Å²) in [5, 5.41) is 9.75. The molecule has 1 aliphatic rings. The van der Waals surface area contributed by atoms with E-state index in [1.54, 1.807) is 7.11 Å². The molecule has 0 radical (unpaired) electrons. The fourth-order valence-corrected chi connectivity index (χ4v) is 4.27. The van der Waals surface area contributed by atoms with Gasteiger partial charge in [0.1, 0.15) is 5.75 Å². The van der Waals surface area contributed by atoms with Crippen molar-refractivity contribution in [3.05, 3.63) is 63.6 Å². The smallest absolute Gasteiger partial charge is 0.128 e. The Bertz CT molecular complexity index is 1010. The minimum atomic E-state index is -0.0509. The molecular formula is C25H27BrN2O. The topological polar surface area (TPSA) is 36.3 Å². The summed E-state index contributed by atoms with van der Waals surface area (Å²) in [6, 6.07) is 14.4. The summed E-state index contributed by atoms with van der Waals surface area (Å²) < 4.78 is 6.72. The molecule has 0 unspecified atom stereocenters. The van der Waals surface area contributed by atoms with E-state index in [0.29, 0.717) is 5.57 Å². The van der Waals surface area contributed by atoms with Crippen LogP contribution in [0.15, 0.2) is 46.9 Å². The zero-order valence-corrected chi connectivity index (χ0v) is 19.3. The Morgan fingerprint density at radius 1 is 1.24 bits per heavy atom. The first-order valence-electron chi connectivity index (χ1n) is 9.88. The van der Waals surface area contributed by atoms with Gasteiger partial charge in [0, 0.05) is 33.9 Å². The molecule has 150 valence electrons. The van der Waals surface area contributed by atoms with Gasteiger partial charge in [0.2, 0.25) is 0 Å². The Labute approximate surface area is 182 Å². The Morgan fingerprint density at radius 2 is 1.93 bits per heavy atom. The molecule has 0 bridgehead atoms. The summed E-state index contributed by atoms with van der Waals surface area (Å²) in [6.45, 7) is 9.83. The van der Waals surface area contributed by atoms with Gasteiger partial charge in [-0.3, -0.25) is 0 Å². The van der Waals surface area contributed by atoms with Crippen LogP contribution in [0.5, 0.6) is 5.75 Å². The normalized spacial score (nSPS) is 15.4. The number of anilines is 1. The number of rotatable bonds is 5. The monoisotopic (exact) mass is 450 g/mol. The number of allylic oxidation sites excluding steroid dienone is 2. The molecule has 0 aliphatic carbocycles. The van der Waals surface area contributed by atoms with Crippen LogP contribution in [-0.4, -0.2) is 19.2 Å². The second-order valence-corrected chi connectivity index (χ2v) is 8.84. The third-order valence-corrected chi connectivity index (χ3v) is 5.88. The van der Waals surface area contributed by atoms with Crippen LogP contribution in [0, 0.1) is 11.3 Å². The minimum Gasteiger partial charge on any atom is -0.496 e. The summed E-state index contributed by atoms with van der Waals surface area (Å²) in [5.41, 5.74) is 5.98. The van der Waals surface area contributed by atoms with Crippen LogP contribution in [0.3, 0.4) is 0 Å². The highest BCUT2D eigenvalue weighted by Crippen LogP contribution is 2.43. The lowest BCUT2D eigenvalue weighted by molar-refractivity contribution is 0.413. The lowest BCUT2D eigenvalue weighted by atomic mass is 9.87. The van der Waals surface area contributed by atoms with Gasteiger partial charge in [-0.1, -0.05) is 41.1 Å². The van der Waals surface area contributed by atoms with E-state index in [1.165, 1.54) is 16.8 Å². The number of ether oxygens (including phenoxy) is 1. The van der Waals surface area contributed by atoms with Crippen LogP contribution >= 0.6 is 15.9 Å². The van der Waals surface area contributed by atoms with Gasteiger partial charge < -0.3 is 9.64 Å². The van der Waals surface area contributed by atoms with Gasteiger partial charge in [-0.2, -0.15) is 5.26 Å². The maximum absolute atomic E-state index is 9.75. The average Bonchev–Trinajstić information content (AvgIpc) is 2.69. The predicted octanol–water partition coefficient (Wildman–Crippen LogP) is 6.93. The summed E-state index contributed by atoms with van der Waals surface area (Å²) in [4.78, 5) is 2.44. The predicted molar refractivity (Wildman–Crippen MR) is 126 cm³/mol. The lowest BCUT2D eigenvalue weighted by Crippen LogP contribution is -2.45. The van der Waals surface area contributed by atoms with Crippen molar-refractivity contribution >= 4 is 38.8 Å². The molecule has 1 aliphatic heterocycles. The van der Waals surface area contributed by atoms with Crippen LogP contribution in [0.2, 0.25) is 0 Å². The van der Waals surface area contributed by atoms with Gasteiger partial charge in [0.25, 0.3) is 0 Å². The molecule has 0 N–H and O–H groups in total. The van der Waals surface area contributed by atoms with E-state index in [9.17, 15) is 5.26 Å². The van der Waals surface area contributed by atoms with Crippen molar-refractivity contribution in [1.82, 2.24) is 0 Å². The maximum Gasteiger partial charge on any atom is 0.128 e. The van der Waals surface area contributed by atoms with Crippen molar-refractivity contribution in [3.8, 4) is 11.8 Å². The molecule has 0 amide bonds. The van der Waals surface area contributed by atoms with Crippen molar-refractivity contribution in [2.75, 3.05) is 18.6 Å². The van der Waals surface area contributed by atoms with E-state index in [4.69, 9.17) is 4.74 Å². The quantitative estimate of drug-likeness (QED) is 0.365. The van der Waals surface area contributed by atoms with Gasteiger partial charge in [-0.05, 0) is 62.6 Å². The van der Waals surface area contributed by atoms with Crippen molar-refractivity contribution in [1.29, 1.82) is 5.26 Å². The zero-order valence-electron chi connectivity index (χ0n) is 17.7. The molecule has 1 heterocycles. The first kappa shape index (κ1) is 21.2. The fraction of sp³-hybridized carbons (Fsp3) is 0.320. The van der Waals surface area contributed by atoms with Crippen LogP contribution in [0.1, 0.15) is 50.8 Å². The van der Waals surface area contributed by atoms with Gasteiger partial charge >= 0.3 is 0 Å². The molecule has 0 fully saturated rings. The highest BCUT2D eigenvalue weighted by molar-refractivity contribution is 9.10. The van der Waals surface area contributed by atoms with E-state index in [-0.39, 0.29) is 5.54 Å². The van der Waals surface area contributed by atoms with E-state index < -0.39 is 0 Å². The molecule has 0 spiro atoms. The third-order valence-electron chi connectivity index (χ3n) is 5.35. The first-order chi connectivity index (χ1) is 13.8. The van der Waals surface area contributed by atoms with Crippen molar-refractivity contribution in [2.24, 2.45) is 0 Å². The summed E-state index contributed by atoms with van der Waals surface area (Å²) in [6.07, 6.45) is 5.31. The molecule has 2 aromatic rings.